The van der Waals surface area contributed by atoms with Crippen molar-refractivity contribution in [3.8, 4) is 10.8 Å². The van der Waals surface area contributed by atoms with E-state index in [-0.39, 0.29) is 10.8 Å². The summed E-state index contributed by atoms with van der Waals surface area (Å²) in [4.78, 5) is 4.14. The van der Waals surface area contributed by atoms with Crippen LogP contribution in [-0.2, 0) is 0 Å². The molecule has 2 heterocycles. The van der Waals surface area contributed by atoms with Crippen LogP contribution in [0.5, 0.6) is 5.75 Å². The van der Waals surface area contributed by atoms with Gasteiger partial charge in [-0.15, -0.1) is 11.3 Å². The van der Waals surface area contributed by atoms with Gasteiger partial charge in [-0.3, -0.25) is 4.57 Å². The highest BCUT2D eigenvalue weighted by Crippen LogP contribution is 2.29. The third-order valence-corrected chi connectivity index (χ3v) is 3.60. The Kier molecular flexibility index (Phi) is 2.31. The Morgan fingerprint density at radius 1 is 1.35 bits per heavy atom. The van der Waals surface area contributed by atoms with Gasteiger partial charge in [0.2, 0.25) is 0 Å². The quantitative estimate of drug-likeness (QED) is 0.732. The number of nitrogens with zero attached hydrogens (tertiary/aromatic N) is 2. The SMILES string of the molecule is Oc1csc(-n2cnc3cc(Cl)c(F)cc32)c1. The van der Waals surface area contributed by atoms with Gasteiger partial charge >= 0.3 is 0 Å². The molecule has 17 heavy (non-hydrogen) atoms. The third kappa shape index (κ3) is 1.67. The molecule has 3 aromatic rings. The molecule has 0 spiro atoms. The predicted molar refractivity (Wildman–Crippen MR) is 65.6 cm³/mol. The fourth-order valence-electron chi connectivity index (χ4n) is 1.62. The molecule has 0 aliphatic carbocycles. The Labute approximate surface area is 105 Å². The second-order valence-electron chi connectivity index (χ2n) is 3.51. The second kappa shape index (κ2) is 3.72. The minimum Gasteiger partial charge on any atom is -0.507 e. The highest BCUT2D eigenvalue weighted by Gasteiger charge is 2.10. The number of hydrogen-bond acceptors (Lipinski definition) is 3. The number of fused-ring (bicyclic) bond motifs is 1. The van der Waals surface area contributed by atoms with Crippen molar-refractivity contribution in [3.63, 3.8) is 0 Å². The number of rotatable bonds is 1. The lowest BCUT2D eigenvalue weighted by Gasteiger charge is -2.00. The molecule has 0 aliphatic heterocycles. The molecule has 0 saturated carbocycles. The average molecular weight is 269 g/mol. The molecule has 6 heteroatoms. The van der Waals surface area contributed by atoms with E-state index in [1.54, 1.807) is 22.3 Å². The standard InChI is InChI=1S/C11H6ClFN2OS/c12-7-2-9-10(3-8(7)13)15(5-14-9)11-1-6(16)4-17-11/h1-5,16H. The topological polar surface area (TPSA) is 38.0 Å². The van der Waals surface area contributed by atoms with Gasteiger partial charge in [-0.1, -0.05) is 11.6 Å². The Morgan fingerprint density at radius 2 is 2.18 bits per heavy atom. The molecule has 0 atom stereocenters. The lowest BCUT2D eigenvalue weighted by Crippen LogP contribution is -1.88. The van der Waals surface area contributed by atoms with Crippen LogP contribution in [0.1, 0.15) is 0 Å². The van der Waals surface area contributed by atoms with E-state index in [2.05, 4.69) is 4.98 Å². The molecule has 2 aromatic heterocycles. The molecule has 0 unspecified atom stereocenters. The van der Waals surface area contributed by atoms with E-state index in [1.807, 2.05) is 0 Å². The van der Waals surface area contributed by atoms with Crippen LogP contribution in [0.25, 0.3) is 16.0 Å². The van der Waals surface area contributed by atoms with Crippen LogP contribution < -0.4 is 0 Å². The first kappa shape index (κ1) is 10.6. The van der Waals surface area contributed by atoms with Crippen molar-refractivity contribution in [1.29, 1.82) is 0 Å². The molecule has 1 N–H and O–H groups in total. The average Bonchev–Trinajstić information content (AvgIpc) is 2.86. The lowest BCUT2D eigenvalue weighted by molar-refractivity contribution is 0.478. The van der Waals surface area contributed by atoms with Crippen molar-refractivity contribution in [2.75, 3.05) is 0 Å². The van der Waals surface area contributed by atoms with Gasteiger partial charge in [0, 0.05) is 17.5 Å². The second-order valence-corrected chi connectivity index (χ2v) is 4.81. The van der Waals surface area contributed by atoms with E-state index in [0.717, 1.165) is 5.00 Å². The number of aromatic nitrogens is 2. The monoisotopic (exact) mass is 268 g/mol. The fourth-order valence-corrected chi connectivity index (χ4v) is 2.54. The van der Waals surface area contributed by atoms with Gasteiger partial charge in [-0.25, -0.2) is 9.37 Å². The lowest BCUT2D eigenvalue weighted by atomic mass is 10.3. The van der Waals surface area contributed by atoms with Crippen molar-refractivity contribution in [1.82, 2.24) is 9.55 Å². The number of aromatic hydroxyl groups is 1. The Balaban J connectivity index is 2.27. The molecule has 86 valence electrons. The van der Waals surface area contributed by atoms with Crippen LogP contribution in [0.2, 0.25) is 5.02 Å². The summed E-state index contributed by atoms with van der Waals surface area (Å²) >= 11 is 7.04. The number of imidazole rings is 1. The Bertz CT molecular complexity index is 707. The first-order valence-corrected chi connectivity index (χ1v) is 6.01. The first-order chi connectivity index (χ1) is 8.15. The van der Waals surface area contributed by atoms with Crippen molar-refractivity contribution >= 4 is 34.0 Å². The molecule has 0 bridgehead atoms. The zero-order chi connectivity index (χ0) is 12.0. The summed E-state index contributed by atoms with van der Waals surface area (Å²) in [5.41, 5.74) is 1.23. The molecule has 1 aromatic carbocycles. The van der Waals surface area contributed by atoms with Crippen molar-refractivity contribution in [2.45, 2.75) is 0 Å². The summed E-state index contributed by atoms with van der Waals surface area (Å²) in [5.74, 6) is -0.303. The predicted octanol–water partition coefficient (Wildman–Crippen LogP) is 3.59. The number of benzene rings is 1. The van der Waals surface area contributed by atoms with E-state index in [1.165, 1.54) is 23.5 Å². The van der Waals surface area contributed by atoms with Crippen LogP contribution in [0, 0.1) is 5.82 Å². The zero-order valence-electron chi connectivity index (χ0n) is 8.39. The van der Waals surface area contributed by atoms with Crippen LogP contribution in [-0.4, -0.2) is 14.7 Å². The minimum atomic E-state index is -0.485. The Morgan fingerprint density at radius 3 is 2.88 bits per heavy atom. The van der Waals surface area contributed by atoms with E-state index >= 15 is 0 Å². The van der Waals surface area contributed by atoms with Gasteiger partial charge in [0.25, 0.3) is 0 Å². The first-order valence-electron chi connectivity index (χ1n) is 4.75. The molecule has 0 saturated heterocycles. The van der Waals surface area contributed by atoms with Gasteiger partial charge in [0.15, 0.2) is 0 Å². The molecule has 3 nitrogen and oxygen atoms in total. The normalized spacial score (nSPS) is 11.2. The maximum Gasteiger partial charge on any atom is 0.144 e. The van der Waals surface area contributed by atoms with Crippen LogP contribution >= 0.6 is 22.9 Å². The van der Waals surface area contributed by atoms with Crippen LogP contribution in [0.3, 0.4) is 0 Å². The number of thiophene rings is 1. The largest absolute Gasteiger partial charge is 0.507 e. The number of halogens is 2. The van der Waals surface area contributed by atoms with E-state index in [0.29, 0.717) is 11.0 Å². The molecular formula is C11H6ClFN2OS. The van der Waals surface area contributed by atoms with Gasteiger partial charge in [-0.05, 0) is 6.07 Å². The molecule has 0 fully saturated rings. The smallest absolute Gasteiger partial charge is 0.144 e. The van der Waals surface area contributed by atoms with Gasteiger partial charge in [0.1, 0.15) is 22.9 Å². The van der Waals surface area contributed by atoms with Crippen LogP contribution in [0.15, 0.2) is 29.9 Å². The van der Waals surface area contributed by atoms with Crippen LogP contribution in [0.4, 0.5) is 4.39 Å². The maximum absolute atomic E-state index is 13.4. The maximum atomic E-state index is 13.4. The summed E-state index contributed by atoms with van der Waals surface area (Å²) < 4.78 is 15.1. The molecule has 3 rings (SSSR count). The van der Waals surface area contributed by atoms with Gasteiger partial charge in [0.05, 0.1) is 16.1 Å². The highest BCUT2D eigenvalue weighted by atomic mass is 35.5. The summed E-state index contributed by atoms with van der Waals surface area (Å²) in [7, 11) is 0. The molecule has 0 radical (unpaired) electrons. The summed E-state index contributed by atoms with van der Waals surface area (Å²) in [6.45, 7) is 0. The van der Waals surface area contributed by atoms with E-state index in [4.69, 9.17) is 11.6 Å². The third-order valence-electron chi connectivity index (χ3n) is 2.40. The summed E-state index contributed by atoms with van der Waals surface area (Å²) in [5, 5.41) is 11.7. The summed E-state index contributed by atoms with van der Waals surface area (Å²) in [6.07, 6.45) is 1.58. The minimum absolute atomic E-state index is 0.0526. The highest BCUT2D eigenvalue weighted by molar-refractivity contribution is 7.12. The summed E-state index contributed by atoms with van der Waals surface area (Å²) in [6, 6.07) is 4.41. The van der Waals surface area contributed by atoms with E-state index in [9.17, 15) is 9.50 Å². The fraction of sp³-hybridized carbons (Fsp3) is 0. The number of hydrogen-bond donors (Lipinski definition) is 1. The molecular weight excluding hydrogens is 263 g/mol. The Hall–Kier alpha value is -1.59. The van der Waals surface area contributed by atoms with Crippen molar-refractivity contribution < 1.29 is 9.50 Å². The molecule has 0 amide bonds. The molecule has 0 aliphatic rings. The van der Waals surface area contributed by atoms with Crippen molar-refractivity contribution in [2.24, 2.45) is 0 Å². The zero-order valence-corrected chi connectivity index (χ0v) is 9.96. The van der Waals surface area contributed by atoms with Gasteiger partial charge < -0.3 is 5.11 Å². The van der Waals surface area contributed by atoms with E-state index < -0.39 is 5.82 Å². The van der Waals surface area contributed by atoms with Gasteiger partial charge in [-0.2, -0.15) is 0 Å². The van der Waals surface area contributed by atoms with Crippen molar-refractivity contribution in [3.05, 3.63) is 40.7 Å².